The molecule has 2 N–H and O–H groups in total. The van der Waals surface area contributed by atoms with E-state index in [0.717, 1.165) is 0 Å². The third kappa shape index (κ3) is 3.26. The minimum Gasteiger partial charge on any atom is -0.381 e. The zero-order valence-electron chi connectivity index (χ0n) is 12.3. The molecule has 1 aliphatic heterocycles. The van der Waals surface area contributed by atoms with Gasteiger partial charge >= 0.3 is 0 Å². The van der Waals surface area contributed by atoms with Gasteiger partial charge in [0.2, 0.25) is 10.0 Å². The normalized spacial score (nSPS) is 17.4. The van der Waals surface area contributed by atoms with Crippen LogP contribution >= 0.6 is 0 Å². The van der Waals surface area contributed by atoms with E-state index in [1.54, 1.807) is 14.0 Å². The molecule has 0 unspecified atom stereocenters. The summed E-state index contributed by atoms with van der Waals surface area (Å²) in [7, 11) is -2.09. The molecule has 1 aromatic rings. The van der Waals surface area contributed by atoms with Gasteiger partial charge in [-0.15, -0.1) is 0 Å². The highest BCUT2D eigenvalue weighted by atomic mass is 32.2. The molecule has 7 heteroatoms. The van der Waals surface area contributed by atoms with Crippen LogP contribution in [0.4, 0.5) is 4.39 Å². The second-order valence-corrected chi connectivity index (χ2v) is 7.28. The van der Waals surface area contributed by atoms with Crippen molar-refractivity contribution in [2.75, 3.05) is 20.3 Å². The van der Waals surface area contributed by atoms with E-state index in [-0.39, 0.29) is 28.6 Å². The molecule has 0 atom stereocenters. The van der Waals surface area contributed by atoms with E-state index in [1.807, 2.05) is 0 Å². The van der Waals surface area contributed by atoms with Gasteiger partial charge in [-0.05, 0) is 37.5 Å². The van der Waals surface area contributed by atoms with E-state index in [2.05, 4.69) is 0 Å². The van der Waals surface area contributed by atoms with Crippen molar-refractivity contribution in [2.45, 2.75) is 37.2 Å². The quantitative estimate of drug-likeness (QED) is 0.911. The van der Waals surface area contributed by atoms with E-state index in [0.29, 0.717) is 26.1 Å². The van der Waals surface area contributed by atoms with Crippen LogP contribution in [0.2, 0.25) is 0 Å². The second kappa shape index (κ2) is 6.39. The number of halogens is 1. The van der Waals surface area contributed by atoms with Crippen molar-refractivity contribution in [3.05, 3.63) is 29.1 Å². The molecule has 21 heavy (non-hydrogen) atoms. The Hall–Kier alpha value is -1.02. The maximum atomic E-state index is 13.8. The molecule has 0 aliphatic carbocycles. The van der Waals surface area contributed by atoms with Crippen LogP contribution in [-0.4, -0.2) is 39.0 Å². The highest BCUT2D eigenvalue weighted by Gasteiger charge is 2.30. The lowest BCUT2D eigenvalue weighted by molar-refractivity contribution is 0.0632. The lowest BCUT2D eigenvalue weighted by Gasteiger charge is -2.30. The van der Waals surface area contributed by atoms with Gasteiger partial charge in [0.05, 0.1) is 4.90 Å². The number of ether oxygens (including phenoxy) is 1. The minimum atomic E-state index is -3.65. The summed E-state index contributed by atoms with van der Waals surface area (Å²) < 4.78 is 45.8. The van der Waals surface area contributed by atoms with E-state index in [4.69, 9.17) is 10.5 Å². The van der Waals surface area contributed by atoms with Crippen molar-refractivity contribution in [1.82, 2.24) is 4.31 Å². The van der Waals surface area contributed by atoms with Gasteiger partial charge in [0.1, 0.15) is 5.82 Å². The molecule has 0 radical (unpaired) electrons. The van der Waals surface area contributed by atoms with E-state index < -0.39 is 15.8 Å². The van der Waals surface area contributed by atoms with E-state index >= 15 is 0 Å². The van der Waals surface area contributed by atoms with Crippen LogP contribution in [0.5, 0.6) is 0 Å². The summed E-state index contributed by atoms with van der Waals surface area (Å²) in [6, 6.07) is 2.60. The molecule has 0 spiro atoms. The Bertz CT molecular complexity index is 613. The first-order valence-corrected chi connectivity index (χ1v) is 8.36. The van der Waals surface area contributed by atoms with Gasteiger partial charge < -0.3 is 10.5 Å². The van der Waals surface area contributed by atoms with Crippen LogP contribution in [-0.2, 0) is 21.3 Å². The van der Waals surface area contributed by atoms with Crippen molar-refractivity contribution >= 4 is 10.0 Å². The molecule has 0 amide bonds. The third-order valence-electron chi connectivity index (χ3n) is 3.91. The maximum Gasteiger partial charge on any atom is 0.243 e. The SMILES string of the molecule is Cc1cc(S(=O)(=O)N(C)C2CCOCC2)cc(CN)c1F. The first-order valence-electron chi connectivity index (χ1n) is 6.92. The highest BCUT2D eigenvalue weighted by Crippen LogP contribution is 2.25. The Morgan fingerprint density at radius 2 is 2.00 bits per heavy atom. The second-order valence-electron chi connectivity index (χ2n) is 5.28. The van der Waals surface area contributed by atoms with Gasteiger partial charge in [-0.2, -0.15) is 4.31 Å². The molecule has 1 fully saturated rings. The van der Waals surface area contributed by atoms with E-state index in [1.165, 1.54) is 16.4 Å². The van der Waals surface area contributed by atoms with Crippen molar-refractivity contribution in [3.63, 3.8) is 0 Å². The van der Waals surface area contributed by atoms with E-state index in [9.17, 15) is 12.8 Å². The predicted octanol–water partition coefficient (Wildman–Crippen LogP) is 1.39. The molecule has 1 heterocycles. The summed E-state index contributed by atoms with van der Waals surface area (Å²) in [6.45, 7) is 2.63. The standard InChI is InChI=1S/C14H21FN2O3S/c1-10-7-13(8-11(9-16)14(10)15)21(18,19)17(2)12-3-5-20-6-4-12/h7-8,12H,3-6,9,16H2,1-2H3. The largest absolute Gasteiger partial charge is 0.381 e. The molecule has 118 valence electrons. The Morgan fingerprint density at radius 3 is 2.57 bits per heavy atom. The Balaban J connectivity index is 2.36. The number of sulfonamides is 1. The number of nitrogens with two attached hydrogens (primary N) is 1. The Kier molecular flexibility index (Phi) is 4.98. The van der Waals surface area contributed by atoms with Crippen LogP contribution in [0.3, 0.4) is 0 Å². The molecule has 0 bridgehead atoms. The summed E-state index contributed by atoms with van der Waals surface area (Å²) >= 11 is 0. The van der Waals surface area contributed by atoms with Crippen LogP contribution in [0.1, 0.15) is 24.0 Å². The van der Waals surface area contributed by atoms with Crippen molar-refractivity contribution in [3.8, 4) is 0 Å². The predicted molar refractivity (Wildman–Crippen MR) is 77.8 cm³/mol. The molecule has 1 saturated heterocycles. The summed E-state index contributed by atoms with van der Waals surface area (Å²) in [5, 5.41) is 0. The summed E-state index contributed by atoms with van der Waals surface area (Å²) in [5.41, 5.74) is 5.99. The van der Waals surface area contributed by atoms with Gasteiger partial charge in [-0.3, -0.25) is 0 Å². The first kappa shape index (κ1) is 16.4. The fourth-order valence-electron chi connectivity index (χ4n) is 2.52. The average molecular weight is 316 g/mol. The molecule has 2 rings (SSSR count). The lowest BCUT2D eigenvalue weighted by atomic mass is 10.1. The topological polar surface area (TPSA) is 72.6 Å². The van der Waals surface area contributed by atoms with Gasteiger partial charge in [0.15, 0.2) is 0 Å². The Morgan fingerprint density at radius 1 is 1.38 bits per heavy atom. The zero-order chi connectivity index (χ0) is 15.6. The maximum absolute atomic E-state index is 13.8. The molecule has 1 aliphatic rings. The van der Waals surface area contributed by atoms with Gasteiger partial charge in [0.25, 0.3) is 0 Å². The number of rotatable bonds is 4. The molecular formula is C14H21FN2O3S. The minimum absolute atomic E-state index is 0.0307. The number of hydrogen-bond donors (Lipinski definition) is 1. The third-order valence-corrected chi connectivity index (χ3v) is 5.79. The number of nitrogens with zero attached hydrogens (tertiary/aromatic N) is 1. The van der Waals surface area contributed by atoms with Crippen LogP contribution in [0, 0.1) is 12.7 Å². The smallest absolute Gasteiger partial charge is 0.243 e. The van der Waals surface area contributed by atoms with Crippen LogP contribution < -0.4 is 5.73 Å². The zero-order valence-corrected chi connectivity index (χ0v) is 13.1. The summed E-state index contributed by atoms with van der Waals surface area (Å²) in [6.07, 6.45) is 1.33. The number of aryl methyl sites for hydroxylation is 1. The fourth-order valence-corrected chi connectivity index (χ4v) is 4.07. The van der Waals surface area contributed by atoms with Crippen molar-refractivity contribution in [1.29, 1.82) is 0 Å². The monoisotopic (exact) mass is 316 g/mol. The number of benzene rings is 1. The van der Waals surface area contributed by atoms with Gasteiger partial charge in [-0.1, -0.05) is 0 Å². The molecule has 1 aromatic carbocycles. The molecular weight excluding hydrogens is 295 g/mol. The van der Waals surface area contributed by atoms with Crippen LogP contribution in [0.15, 0.2) is 17.0 Å². The lowest BCUT2D eigenvalue weighted by Crippen LogP contribution is -2.40. The van der Waals surface area contributed by atoms with Crippen molar-refractivity contribution < 1.29 is 17.5 Å². The molecule has 0 aromatic heterocycles. The Labute approximate surface area is 124 Å². The van der Waals surface area contributed by atoms with Gasteiger partial charge in [-0.25, -0.2) is 12.8 Å². The van der Waals surface area contributed by atoms with Gasteiger partial charge in [0, 0.05) is 38.4 Å². The van der Waals surface area contributed by atoms with Crippen molar-refractivity contribution in [2.24, 2.45) is 5.73 Å². The first-order chi connectivity index (χ1) is 9.87. The highest BCUT2D eigenvalue weighted by molar-refractivity contribution is 7.89. The average Bonchev–Trinajstić information content (AvgIpc) is 2.49. The summed E-state index contributed by atoms with van der Waals surface area (Å²) in [4.78, 5) is 0.0934. The molecule has 0 saturated carbocycles. The number of hydrogen-bond acceptors (Lipinski definition) is 4. The molecule has 5 nitrogen and oxygen atoms in total. The fraction of sp³-hybridized carbons (Fsp3) is 0.571. The van der Waals surface area contributed by atoms with Crippen LogP contribution in [0.25, 0.3) is 0 Å². The summed E-state index contributed by atoms with van der Waals surface area (Å²) in [5.74, 6) is -0.440.